The van der Waals surface area contributed by atoms with Crippen LogP contribution in [0, 0.1) is 0 Å². The maximum atomic E-state index is 11.8. The molecule has 1 N–H and O–H groups in total. The number of rotatable bonds is 5. The Labute approximate surface area is 136 Å². The van der Waals surface area contributed by atoms with Crippen molar-refractivity contribution in [1.82, 2.24) is 15.2 Å². The van der Waals surface area contributed by atoms with Crippen LogP contribution in [0.1, 0.15) is 10.4 Å². The van der Waals surface area contributed by atoms with Crippen LogP contribution < -0.4 is 5.32 Å². The third kappa shape index (κ3) is 3.80. The summed E-state index contributed by atoms with van der Waals surface area (Å²) in [4.78, 5) is 27.3. The standard InChI is InChI=1S/C16H12N4O4/c21-13(10-23-15(22)12-6-8-17-9-7-12)18-16-20-19-14(24-16)11-4-2-1-3-5-11/h1-9H,10H2,(H,18,20,21). The van der Waals surface area contributed by atoms with Crippen LogP contribution in [0.4, 0.5) is 6.01 Å². The first kappa shape index (κ1) is 15.3. The van der Waals surface area contributed by atoms with Gasteiger partial charge < -0.3 is 9.15 Å². The van der Waals surface area contributed by atoms with Crippen LogP contribution in [-0.2, 0) is 9.53 Å². The van der Waals surface area contributed by atoms with Crippen LogP contribution in [0.5, 0.6) is 0 Å². The van der Waals surface area contributed by atoms with Crippen LogP contribution in [0.25, 0.3) is 11.5 Å². The Bertz CT molecular complexity index is 834. The summed E-state index contributed by atoms with van der Waals surface area (Å²) in [5.74, 6) is -0.927. The molecule has 2 aromatic heterocycles. The molecule has 0 fully saturated rings. The second-order valence-electron chi connectivity index (χ2n) is 4.64. The lowest BCUT2D eigenvalue weighted by molar-refractivity contribution is -0.119. The molecule has 0 saturated carbocycles. The van der Waals surface area contributed by atoms with E-state index in [1.54, 1.807) is 12.1 Å². The van der Waals surface area contributed by atoms with E-state index in [4.69, 9.17) is 9.15 Å². The van der Waals surface area contributed by atoms with Crippen molar-refractivity contribution >= 4 is 17.9 Å². The van der Waals surface area contributed by atoms with Gasteiger partial charge in [0.25, 0.3) is 5.91 Å². The van der Waals surface area contributed by atoms with Crippen molar-refractivity contribution in [3.05, 3.63) is 60.4 Å². The molecule has 1 aromatic carbocycles. The monoisotopic (exact) mass is 324 g/mol. The molecule has 0 saturated heterocycles. The second-order valence-corrected chi connectivity index (χ2v) is 4.64. The minimum absolute atomic E-state index is 0.0705. The predicted molar refractivity (Wildman–Crippen MR) is 82.9 cm³/mol. The first-order valence-electron chi connectivity index (χ1n) is 6.98. The SMILES string of the molecule is O=C(COC(=O)c1ccncc1)Nc1nnc(-c2ccccc2)o1. The summed E-state index contributed by atoms with van der Waals surface area (Å²) in [5.41, 5.74) is 1.04. The summed E-state index contributed by atoms with van der Waals surface area (Å²) >= 11 is 0. The molecule has 0 atom stereocenters. The number of nitrogens with zero attached hydrogens (tertiary/aromatic N) is 3. The van der Waals surface area contributed by atoms with E-state index < -0.39 is 18.5 Å². The van der Waals surface area contributed by atoms with Crippen LogP contribution in [0.3, 0.4) is 0 Å². The summed E-state index contributed by atoms with van der Waals surface area (Å²) in [6.07, 6.45) is 2.92. The normalized spacial score (nSPS) is 10.2. The van der Waals surface area contributed by atoms with Gasteiger partial charge in [0, 0.05) is 18.0 Å². The number of aromatic nitrogens is 3. The fourth-order valence-electron chi connectivity index (χ4n) is 1.83. The smallest absolute Gasteiger partial charge is 0.338 e. The largest absolute Gasteiger partial charge is 0.452 e. The Kier molecular flexibility index (Phi) is 4.57. The first-order chi connectivity index (χ1) is 11.7. The Balaban J connectivity index is 1.54. The van der Waals surface area contributed by atoms with Crippen molar-refractivity contribution in [3.8, 4) is 11.5 Å². The summed E-state index contributed by atoms with van der Waals surface area (Å²) < 4.78 is 10.2. The molecule has 120 valence electrons. The molecule has 0 aliphatic heterocycles. The average molecular weight is 324 g/mol. The summed E-state index contributed by atoms with van der Waals surface area (Å²) in [6.45, 7) is -0.468. The van der Waals surface area contributed by atoms with Gasteiger partial charge in [-0.3, -0.25) is 15.1 Å². The summed E-state index contributed by atoms with van der Waals surface area (Å²) in [5, 5.41) is 9.93. The molecule has 8 heteroatoms. The minimum atomic E-state index is -0.622. The number of esters is 1. The van der Waals surface area contributed by atoms with E-state index in [9.17, 15) is 9.59 Å². The molecule has 0 aliphatic carbocycles. The Morgan fingerprint density at radius 2 is 1.79 bits per heavy atom. The molecule has 0 spiro atoms. The highest BCUT2D eigenvalue weighted by Gasteiger charge is 2.13. The maximum Gasteiger partial charge on any atom is 0.338 e. The molecular formula is C16H12N4O4. The number of hydrogen-bond acceptors (Lipinski definition) is 7. The third-order valence-electron chi connectivity index (χ3n) is 2.94. The van der Waals surface area contributed by atoms with Gasteiger partial charge in [-0.25, -0.2) is 4.79 Å². The molecule has 8 nitrogen and oxygen atoms in total. The van der Waals surface area contributed by atoms with Crippen molar-refractivity contribution in [1.29, 1.82) is 0 Å². The minimum Gasteiger partial charge on any atom is -0.452 e. The van der Waals surface area contributed by atoms with Gasteiger partial charge in [-0.1, -0.05) is 23.3 Å². The van der Waals surface area contributed by atoms with E-state index in [2.05, 4.69) is 20.5 Å². The van der Waals surface area contributed by atoms with Crippen LogP contribution in [0.2, 0.25) is 0 Å². The molecule has 24 heavy (non-hydrogen) atoms. The number of carbonyl (C=O) groups excluding carboxylic acids is 2. The lowest BCUT2D eigenvalue weighted by Crippen LogP contribution is -2.21. The molecule has 0 bridgehead atoms. The maximum absolute atomic E-state index is 11.8. The Morgan fingerprint density at radius 1 is 1.04 bits per heavy atom. The summed E-state index contributed by atoms with van der Waals surface area (Å²) in [7, 11) is 0. The number of amides is 1. The van der Waals surface area contributed by atoms with Gasteiger partial charge in [-0.15, -0.1) is 5.10 Å². The van der Waals surface area contributed by atoms with Gasteiger partial charge in [-0.2, -0.15) is 0 Å². The molecule has 3 aromatic rings. The molecule has 0 aliphatic rings. The van der Waals surface area contributed by atoms with Crippen molar-refractivity contribution in [2.75, 3.05) is 11.9 Å². The van der Waals surface area contributed by atoms with Crippen LogP contribution in [-0.4, -0.2) is 33.7 Å². The number of nitrogens with one attached hydrogen (secondary N) is 1. The highest BCUT2D eigenvalue weighted by molar-refractivity contribution is 5.94. The average Bonchev–Trinajstić information content (AvgIpc) is 3.09. The van der Waals surface area contributed by atoms with Crippen LogP contribution >= 0.6 is 0 Å². The van der Waals surface area contributed by atoms with Crippen molar-refractivity contribution < 1.29 is 18.7 Å². The topological polar surface area (TPSA) is 107 Å². The Morgan fingerprint density at radius 3 is 2.54 bits per heavy atom. The zero-order chi connectivity index (χ0) is 16.8. The molecule has 0 radical (unpaired) electrons. The van der Waals surface area contributed by atoms with Gasteiger partial charge in [0.05, 0.1) is 5.56 Å². The van der Waals surface area contributed by atoms with E-state index in [-0.39, 0.29) is 11.9 Å². The van der Waals surface area contributed by atoms with Gasteiger partial charge in [0.15, 0.2) is 6.61 Å². The van der Waals surface area contributed by atoms with Crippen molar-refractivity contribution in [2.45, 2.75) is 0 Å². The van der Waals surface area contributed by atoms with Gasteiger partial charge in [0.1, 0.15) is 0 Å². The lowest BCUT2D eigenvalue weighted by atomic mass is 10.2. The zero-order valence-corrected chi connectivity index (χ0v) is 12.4. The van der Waals surface area contributed by atoms with Crippen molar-refractivity contribution in [2.24, 2.45) is 0 Å². The highest BCUT2D eigenvalue weighted by Crippen LogP contribution is 2.18. The lowest BCUT2D eigenvalue weighted by Gasteiger charge is -2.03. The number of carbonyl (C=O) groups is 2. The second kappa shape index (κ2) is 7.14. The Hall–Kier alpha value is -3.55. The van der Waals surface area contributed by atoms with Gasteiger partial charge >= 0.3 is 12.0 Å². The van der Waals surface area contributed by atoms with Gasteiger partial charge in [0.2, 0.25) is 5.89 Å². The van der Waals surface area contributed by atoms with E-state index in [0.29, 0.717) is 5.56 Å². The van der Waals surface area contributed by atoms with Crippen LogP contribution in [0.15, 0.2) is 59.3 Å². The fraction of sp³-hybridized carbons (Fsp3) is 0.0625. The predicted octanol–water partition coefficient (Wildman–Crippen LogP) is 1.93. The van der Waals surface area contributed by atoms with E-state index in [1.807, 2.05) is 18.2 Å². The number of ether oxygens (including phenoxy) is 1. The zero-order valence-electron chi connectivity index (χ0n) is 12.4. The molecule has 2 heterocycles. The van der Waals surface area contributed by atoms with E-state index in [0.717, 1.165) is 5.56 Å². The molecule has 0 unspecified atom stereocenters. The van der Waals surface area contributed by atoms with E-state index >= 15 is 0 Å². The number of pyridine rings is 1. The molecule has 3 rings (SSSR count). The number of benzene rings is 1. The van der Waals surface area contributed by atoms with Gasteiger partial charge in [-0.05, 0) is 24.3 Å². The highest BCUT2D eigenvalue weighted by atomic mass is 16.5. The quantitative estimate of drug-likeness (QED) is 0.714. The number of anilines is 1. The number of hydrogen-bond donors (Lipinski definition) is 1. The third-order valence-corrected chi connectivity index (χ3v) is 2.94. The van der Waals surface area contributed by atoms with E-state index in [1.165, 1.54) is 24.5 Å². The molecular weight excluding hydrogens is 312 g/mol. The fourth-order valence-corrected chi connectivity index (χ4v) is 1.83. The molecule has 1 amide bonds. The van der Waals surface area contributed by atoms with Crippen molar-refractivity contribution in [3.63, 3.8) is 0 Å². The first-order valence-corrected chi connectivity index (χ1v) is 6.98. The summed E-state index contributed by atoms with van der Waals surface area (Å²) in [6, 6.07) is 12.0.